The summed E-state index contributed by atoms with van der Waals surface area (Å²) in [6.07, 6.45) is -6.51. The zero-order chi connectivity index (χ0) is 12.5. The highest BCUT2D eigenvalue weighted by molar-refractivity contribution is 14.1. The Morgan fingerprint density at radius 2 is 1.94 bits per heavy atom. The van der Waals surface area contributed by atoms with E-state index in [1.807, 2.05) is 0 Å². The standard InChI is InChI=1S/C9H6F3IO3/c10-9(11,12)5-3-4(1-2-6(5)13)7(14)8(15)16/h1-3,7,14H,(H,15,16). The summed E-state index contributed by atoms with van der Waals surface area (Å²) in [6, 6.07) is 2.90. The van der Waals surface area contributed by atoms with Gasteiger partial charge in [0.2, 0.25) is 0 Å². The second kappa shape index (κ2) is 4.58. The zero-order valence-electron chi connectivity index (χ0n) is 7.62. The van der Waals surface area contributed by atoms with Crippen LogP contribution in [0, 0.1) is 3.57 Å². The molecule has 0 radical (unpaired) electrons. The summed E-state index contributed by atoms with van der Waals surface area (Å²) in [4.78, 5) is 10.4. The number of carboxylic acids is 1. The Kier molecular flexibility index (Phi) is 3.79. The van der Waals surface area contributed by atoms with Crippen molar-refractivity contribution in [2.45, 2.75) is 12.3 Å². The van der Waals surface area contributed by atoms with Gasteiger partial charge in [-0.2, -0.15) is 13.2 Å². The SMILES string of the molecule is O=C(O)C(O)c1ccc(I)c(C(F)(F)F)c1. The van der Waals surface area contributed by atoms with Crippen LogP contribution >= 0.6 is 22.6 Å². The summed E-state index contributed by atoms with van der Waals surface area (Å²) in [5.74, 6) is -1.59. The molecule has 0 aromatic heterocycles. The van der Waals surface area contributed by atoms with Crippen molar-refractivity contribution in [1.29, 1.82) is 0 Å². The number of rotatable bonds is 2. The van der Waals surface area contributed by atoms with E-state index in [9.17, 15) is 18.0 Å². The number of benzene rings is 1. The lowest BCUT2D eigenvalue weighted by atomic mass is 10.1. The summed E-state index contributed by atoms with van der Waals surface area (Å²) in [5.41, 5.74) is -1.24. The molecular formula is C9H6F3IO3. The van der Waals surface area contributed by atoms with E-state index in [1.165, 1.54) is 22.6 Å². The summed E-state index contributed by atoms with van der Waals surface area (Å²) < 4.78 is 37.3. The number of aliphatic hydroxyl groups is 1. The molecule has 0 amide bonds. The van der Waals surface area contributed by atoms with Crippen LogP contribution in [0.15, 0.2) is 18.2 Å². The molecule has 0 heterocycles. The average molecular weight is 346 g/mol. The van der Waals surface area contributed by atoms with E-state index in [0.717, 1.165) is 12.1 Å². The molecular weight excluding hydrogens is 340 g/mol. The van der Waals surface area contributed by atoms with Crippen LogP contribution in [0.4, 0.5) is 13.2 Å². The molecule has 0 spiro atoms. The first-order valence-corrected chi connectivity index (χ1v) is 5.09. The predicted molar refractivity (Wildman–Crippen MR) is 56.8 cm³/mol. The Morgan fingerprint density at radius 1 is 1.38 bits per heavy atom. The van der Waals surface area contributed by atoms with Crippen LogP contribution in [0.1, 0.15) is 17.2 Å². The van der Waals surface area contributed by atoms with Crippen molar-refractivity contribution >= 4 is 28.6 Å². The maximum atomic E-state index is 12.5. The molecule has 0 aliphatic heterocycles. The van der Waals surface area contributed by atoms with E-state index in [1.54, 1.807) is 0 Å². The Morgan fingerprint density at radius 3 is 2.38 bits per heavy atom. The van der Waals surface area contributed by atoms with Crippen LogP contribution in [-0.2, 0) is 11.0 Å². The lowest BCUT2D eigenvalue weighted by Gasteiger charge is -2.12. The molecule has 1 unspecified atom stereocenters. The van der Waals surface area contributed by atoms with E-state index in [4.69, 9.17) is 10.2 Å². The Hall–Kier alpha value is -0.830. The van der Waals surface area contributed by atoms with Gasteiger partial charge in [-0.3, -0.25) is 0 Å². The summed E-state index contributed by atoms with van der Waals surface area (Å²) >= 11 is 1.49. The van der Waals surface area contributed by atoms with E-state index < -0.39 is 23.8 Å². The Balaban J connectivity index is 3.23. The lowest BCUT2D eigenvalue weighted by Crippen LogP contribution is -2.13. The highest BCUT2D eigenvalue weighted by Gasteiger charge is 2.34. The van der Waals surface area contributed by atoms with Crippen LogP contribution in [0.2, 0.25) is 0 Å². The maximum Gasteiger partial charge on any atom is 0.417 e. The maximum absolute atomic E-state index is 12.5. The first-order chi connectivity index (χ1) is 7.23. The van der Waals surface area contributed by atoms with Gasteiger partial charge in [0.25, 0.3) is 0 Å². The van der Waals surface area contributed by atoms with Crippen molar-refractivity contribution in [3.8, 4) is 0 Å². The predicted octanol–water partition coefficient (Wildman–Crippen LogP) is 2.43. The van der Waals surface area contributed by atoms with Crippen molar-refractivity contribution < 1.29 is 28.2 Å². The van der Waals surface area contributed by atoms with Crippen molar-refractivity contribution in [2.75, 3.05) is 0 Å². The minimum atomic E-state index is -4.56. The van der Waals surface area contributed by atoms with Gasteiger partial charge in [-0.15, -0.1) is 0 Å². The first-order valence-electron chi connectivity index (χ1n) is 4.01. The van der Waals surface area contributed by atoms with Gasteiger partial charge in [0.1, 0.15) is 0 Å². The third kappa shape index (κ3) is 2.85. The lowest BCUT2D eigenvalue weighted by molar-refractivity contribution is -0.147. The summed E-state index contributed by atoms with van der Waals surface area (Å²) in [5, 5.41) is 17.6. The fraction of sp³-hybridized carbons (Fsp3) is 0.222. The number of alkyl halides is 3. The Bertz CT molecular complexity index is 417. The van der Waals surface area contributed by atoms with Gasteiger partial charge >= 0.3 is 12.1 Å². The monoisotopic (exact) mass is 346 g/mol. The second-order valence-electron chi connectivity index (χ2n) is 2.98. The summed E-state index contributed by atoms with van der Waals surface area (Å²) in [7, 11) is 0. The first kappa shape index (κ1) is 13.2. The van der Waals surface area contributed by atoms with Gasteiger partial charge in [0, 0.05) is 3.57 Å². The smallest absolute Gasteiger partial charge is 0.417 e. The molecule has 7 heteroatoms. The minimum Gasteiger partial charge on any atom is -0.479 e. The molecule has 2 N–H and O–H groups in total. The van der Waals surface area contributed by atoms with Crippen molar-refractivity contribution in [3.05, 3.63) is 32.9 Å². The molecule has 1 aromatic carbocycles. The van der Waals surface area contributed by atoms with E-state index >= 15 is 0 Å². The number of carbonyl (C=O) groups is 1. The highest BCUT2D eigenvalue weighted by Crippen LogP contribution is 2.34. The van der Waals surface area contributed by atoms with E-state index in [-0.39, 0.29) is 9.13 Å². The topological polar surface area (TPSA) is 57.5 Å². The average Bonchev–Trinajstić information content (AvgIpc) is 2.15. The molecule has 0 aliphatic rings. The number of aliphatic carboxylic acids is 1. The van der Waals surface area contributed by atoms with Crippen LogP contribution < -0.4 is 0 Å². The van der Waals surface area contributed by atoms with Crippen LogP contribution in [0.3, 0.4) is 0 Å². The fourth-order valence-electron chi connectivity index (χ4n) is 1.07. The number of halogens is 4. The molecule has 3 nitrogen and oxygen atoms in total. The van der Waals surface area contributed by atoms with Gasteiger partial charge < -0.3 is 10.2 Å². The minimum absolute atomic E-state index is 0.0496. The number of hydrogen-bond donors (Lipinski definition) is 2. The molecule has 0 aliphatic carbocycles. The normalized spacial score (nSPS) is 13.6. The van der Waals surface area contributed by atoms with E-state index in [2.05, 4.69) is 0 Å². The second-order valence-corrected chi connectivity index (χ2v) is 4.14. The molecule has 88 valence electrons. The van der Waals surface area contributed by atoms with Crippen molar-refractivity contribution in [2.24, 2.45) is 0 Å². The third-order valence-electron chi connectivity index (χ3n) is 1.85. The van der Waals surface area contributed by atoms with Gasteiger partial charge in [0.15, 0.2) is 6.10 Å². The fourth-order valence-corrected chi connectivity index (χ4v) is 1.71. The molecule has 0 bridgehead atoms. The van der Waals surface area contributed by atoms with Crippen LogP contribution in [-0.4, -0.2) is 16.2 Å². The molecule has 16 heavy (non-hydrogen) atoms. The number of aliphatic hydroxyl groups excluding tert-OH is 1. The zero-order valence-corrected chi connectivity index (χ0v) is 9.78. The van der Waals surface area contributed by atoms with Crippen molar-refractivity contribution in [3.63, 3.8) is 0 Å². The Labute approximate surface area is 102 Å². The van der Waals surface area contributed by atoms with E-state index in [0.29, 0.717) is 6.07 Å². The molecule has 0 saturated heterocycles. The largest absolute Gasteiger partial charge is 0.479 e. The molecule has 0 saturated carbocycles. The van der Waals surface area contributed by atoms with Crippen LogP contribution in [0.25, 0.3) is 0 Å². The van der Waals surface area contributed by atoms with Gasteiger partial charge in [-0.1, -0.05) is 6.07 Å². The molecule has 1 atom stereocenters. The molecule has 1 rings (SSSR count). The van der Waals surface area contributed by atoms with Gasteiger partial charge in [0.05, 0.1) is 5.56 Å². The van der Waals surface area contributed by atoms with Crippen molar-refractivity contribution in [1.82, 2.24) is 0 Å². The molecule has 1 aromatic rings. The number of carboxylic acid groups (broad SMARTS) is 1. The highest BCUT2D eigenvalue weighted by atomic mass is 127. The summed E-state index contributed by atoms with van der Waals surface area (Å²) in [6.45, 7) is 0. The quantitative estimate of drug-likeness (QED) is 0.809. The van der Waals surface area contributed by atoms with Gasteiger partial charge in [-0.05, 0) is 40.3 Å². The third-order valence-corrected chi connectivity index (χ3v) is 2.79. The molecule has 0 fully saturated rings. The van der Waals surface area contributed by atoms with Gasteiger partial charge in [-0.25, -0.2) is 4.79 Å². The number of hydrogen-bond acceptors (Lipinski definition) is 2. The van der Waals surface area contributed by atoms with Crippen LogP contribution in [0.5, 0.6) is 0 Å².